The van der Waals surface area contributed by atoms with Crippen molar-refractivity contribution in [2.45, 2.75) is 18.7 Å². The highest BCUT2D eigenvalue weighted by atomic mass is 32.2. The Balaban J connectivity index is 1.90. The van der Waals surface area contributed by atoms with E-state index in [2.05, 4.69) is 4.40 Å². The molecule has 0 atom stereocenters. The van der Waals surface area contributed by atoms with E-state index in [1.165, 1.54) is 23.5 Å². The first-order chi connectivity index (χ1) is 13.9. The molecule has 29 heavy (non-hydrogen) atoms. The first-order valence-electron chi connectivity index (χ1n) is 8.82. The second kappa shape index (κ2) is 9.06. The van der Waals surface area contributed by atoms with E-state index in [1.807, 2.05) is 6.92 Å². The third kappa shape index (κ3) is 5.33. The Bertz CT molecular complexity index is 1160. The van der Waals surface area contributed by atoms with Gasteiger partial charge in [0, 0.05) is 17.6 Å². The first-order valence-corrected chi connectivity index (χ1v) is 11.1. The van der Waals surface area contributed by atoms with Gasteiger partial charge in [0.05, 0.1) is 17.2 Å². The van der Waals surface area contributed by atoms with Crippen LogP contribution in [0.2, 0.25) is 0 Å². The maximum absolute atomic E-state index is 12.7. The van der Waals surface area contributed by atoms with Crippen LogP contribution in [0.5, 0.6) is 5.75 Å². The number of esters is 1. The SMILES string of the molecule is CCOC(=O)COc1cccc(-n2ccs/c2=N/S(=O)(=O)c2ccc(C)cc2)c1. The van der Waals surface area contributed by atoms with E-state index in [0.717, 1.165) is 5.56 Å². The summed E-state index contributed by atoms with van der Waals surface area (Å²) < 4.78 is 41.2. The molecule has 7 nitrogen and oxygen atoms in total. The lowest BCUT2D eigenvalue weighted by atomic mass is 10.2. The molecule has 0 fully saturated rings. The van der Waals surface area contributed by atoms with Crippen molar-refractivity contribution in [2.24, 2.45) is 4.40 Å². The summed E-state index contributed by atoms with van der Waals surface area (Å²) in [5.74, 6) is 0.00237. The maximum atomic E-state index is 12.7. The minimum absolute atomic E-state index is 0.134. The normalized spacial score (nSPS) is 12.0. The molecule has 0 bridgehead atoms. The maximum Gasteiger partial charge on any atom is 0.344 e. The lowest BCUT2D eigenvalue weighted by molar-refractivity contribution is -0.145. The van der Waals surface area contributed by atoms with E-state index in [9.17, 15) is 13.2 Å². The summed E-state index contributed by atoms with van der Waals surface area (Å²) in [6.07, 6.45) is 1.72. The van der Waals surface area contributed by atoms with Crippen molar-refractivity contribution >= 4 is 27.3 Å². The number of aryl methyl sites for hydroxylation is 1. The van der Waals surface area contributed by atoms with Crippen molar-refractivity contribution in [3.05, 3.63) is 70.5 Å². The van der Waals surface area contributed by atoms with Crippen LogP contribution in [0.15, 0.2) is 69.4 Å². The van der Waals surface area contributed by atoms with E-state index in [4.69, 9.17) is 9.47 Å². The molecule has 152 valence electrons. The van der Waals surface area contributed by atoms with Crippen molar-refractivity contribution in [1.82, 2.24) is 4.57 Å². The van der Waals surface area contributed by atoms with E-state index in [-0.39, 0.29) is 18.1 Å². The monoisotopic (exact) mass is 432 g/mol. The van der Waals surface area contributed by atoms with Crippen molar-refractivity contribution < 1.29 is 22.7 Å². The summed E-state index contributed by atoms with van der Waals surface area (Å²) in [4.78, 5) is 11.9. The van der Waals surface area contributed by atoms with Gasteiger partial charge in [-0.2, -0.15) is 8.42 Å². The Morgan fingerprint density at radius 3 is 2.66 bits per heavy atom. The van der Waals surface area contributed by atoms with Gasteiger partial charge in [0.2, 0.25) is 4.80 Å². The zero-order valence-electron chi connectivity index (χ0n) is 15.9. The molecule has 3 rings (SSSR count). The molecule has 0 radical (unpaired) electrons. The fourth-order valence-corrected chi connectivity index (χ4v) is 4.40. The van der Waals surface area contributed by atoms with Crippen molar-refractivity contribution in [3.63, 3.8) is 0 Å². The molecule has 1 aromatic heterocycles. The molecule has 1 heterocycles. The topological polar surface area (TPSA) is 87.0 Å². The van der Waals surface area contributed by atoms with E-state index < -0.39 is 16.0 Å². The van der Waals surface area contributed by atoms with Crippen LogP contribution in [0.4, 0.5) is 0 Å². The predicted molar refractivity (Wildman–Crippen MR) is 110 cm³/mol. The van der Waals surface area contributed by atoms with Gasteiger partial charge in [0.1, 0.15) is 5.75 Å². The fourth-order valence-electron chi connectivity index (χ4n) is 2.47. The van der Waals surface area contributed by atoms with Gasteiger partial charge in [-0.05, 0) is 38.1 Å². The summed E-state index contributed by atoms with van der Waals surface area (Å²) in [5.41, 5.74) is 1.63. The van der Waals surface area contributed by atoms with Crippen LogP contribution in [0.25, 0.3) is 5.69 Å². The zero-order valence-corrected chi connectivity index (χ0v) is 17.6. The largest absolute Gasteiger partial charge is 0.482 e. The Morgan fingerprint density at radius 2 is 1.93 bits per heavy atom. The van der Waals surface area contributed by atoms with Gasteiger partial charge in [0.15, 0.2) is 6.61 Å². The summed E-state index contributed by atoms with van der Waals surface area (Å²) in [6.45, 7) is 3.69. The fraction of sp³-hybridized carbons (Fsp3) is 0.200. The first kappa shape index (κ1) is 20.8. The molecule has 0 aliphatic heterocycles. The van der Waals surface area contributed by atoms with Gasteiger partial charge in [0.25, 0.3) is 10.0 Å². The molecule has 9 heteroatoms. The molecule has 0 aliphatic rings. The average Bonchev–Trinajstić information content (AvgIpc) is 3.14. The minimum Gasteiger partial charge on any atom is -0.482 e. The molecule has 0 saturated carbocycles. The second-order valence-corrected chi connectivity index (χ2v) is 8.50. The average molecular weight is 433 g/mol. The van der Waals surface area contributed by atoms with Crippen molar-refractivity contribution in [1.29, 1.82) is 0 Å². The van der Waals surface area contributed by atoms with E-state index in [1.54, 1.807) is 59.5 Å². The molecular weight excluding hydrogens is 412 g/mol. The van der Waals surface area contributed by atoms with Gasteiger partial charge >= 0.3 is 5.97 Å². The third-order valence-corrected chi connectivity index (χ3v) is 6.02. The zero-order chi connectivity index (χ0) is 20.9. The molecule has 2 aromatic carbocycles. The lowest BCUT2D eigenvalue weighted by Gasteiger charge is -2.08. The molecule has 0 spiro atoms. The number of benzene rings is 2. The molecule has 0 N–H and O–H groups in total. The van der Waals surface area contributed by atoms with Crippen LogP contribution in [-0.2, 0) is 19.6 Å². The van der Waals surface area contributed by atoms with Crippen molar-refractivity contribution in [3.8, 4) is 11.4 Å². The molecule has 0 amide bonds. The molecular formula is C20H20N2O5S2. The van der Waals surface area contributed by atoms with E-state index in [0.29, 0.717) is 16.2 Å². The van der Waals surface area contributed by atoms with Gasteiger partial charge in [-0.15, -0.1) is 15.7 Å². The molecule has 0 saturated heterocycles. The summed E-state index contributed by atoms with van der Waals surface area (Å²) >= 11 is 1.20. The third-order valence-electron chi connectivity index (χ3n) is 3.86. The number of thiazole rings is 1. The second-order valence-electron chi connectivity index (χ2n) is 6.03. The number of carbonyl (C=O) groups is 1. The highest BCUT2D eigenvalue weighted by Crippen LogP contribution is 2.17. The predicted octanol–water partition coefficient (Wildman–Crippen LogP) is 3.08. The van der Waals surface area contributed by atoms with E-state index >= 15 is 0 Å². The summed E-state index contributed by atoms with van der Waals surface area (Å²) in [6, 6.07) is 13.5. The van der Waals surface area contributed by atoms with Crippen molar-refractivity contribution in [2.75, 3.05) is 13.2 Å². The lowest BCUT2D eigenvalue weighted by Crippen LogP contribution is -2.16. The number of nitrogens with zero attached hydrogens (tertiary/aromatic N) is 2. The Morgan fingerprint density at radius 1 is 1.17 bits per heavy atom. The Hall–Kier alpha value is -2.91. The minimum atomic E-state index is -3.85. The van der Waals surface area contributed by atoms with Crippen LogP contribution in [-0.4, -0.2) is 32.2 Å². The molecule has 0 aliphatic carbocycles. The summed E-state index contributed by atoms with van der Waals surface area (Å²) in [7, 11) is -3.85. The van der Waals surface area contributed by atoms with Crippen LogP contribution in [0.1, 0.15) is 12.5 Å². The van der Waals surface area contributed by atoms with Crippen LogP contribution >= 0.6 is 11.3 Å². The van der Waals surface area contributed by atoms with Gasteiger partial charge < -0.3 is 9.47 Å². The number of rotatable bonds is 7. The number of hydrogen-bond donors (Lipinski definition) is 0. The Kier molecular flexibility index (Phi) is 6.50. The quantitative estimate of drug-likeness (QED) is 0.536. The number of carbonyl (C=O) groups excluding carboxylic acids is 1. The van der Waals surface area contributed by atoms with Gasteiger partial charge in [-0.1, -0.05) is 23.8 Å². The van der Waals surface area contributed by atoms with Gasteiger partial charge in [-0.3, -0.25) is 4.57 Å². The molecule has 3 aromatic rings. The highest BCUT2D eigenvalue weighted by Gasteiger charge is 2.13. The smallest absolute Gasteiger partial charge is 0.344 e. The standard InChI is InChI=1S/C20H20N2O5S2/c1-3-26-19(23)14-27-17-6-4-5-16(13-17)22-11-12-28-20(22)21-29(24,25)18-9-7-15(2)8-10-18/h4-13H,3,14H2,1-2H3/b21-20+. The van der Waals surface area contributed by atoms with Gasteiger partial charge in [-0.25, -0.2) is 4.79 Å². The Labute approximate surface area is 172 Å². The number of sulfonamides is 1. The van der Waals surface area contributed by atoms with Crippen LogP contribution in [0.3, 0.4) is 0 Å². The van der Waals surface area contributed by atoms with Crippen LogP contribution < -0.4 is 9.54 Å². The highest BCUT2D eigenvalue weighted by molar-refractivity contribution is 7.90. The summed E-state index contributed by atoms with van der Waals surface area (Å²) in [5, 5.41) is 1.75. The van der Waals surface area contributed by atoms with Crippen LogP contribution in [0, 0.1) is 6.92 Å². The molecule has 0 unspecified atom stereocenters. The number of aromatic nitrogens is 1. The number of hydrogen-bond acceptors (Lipinski definition) is 6. The number of ether oxygens (including phenoxy) is 2.